The monoisotopic (exact) mass is 549 g/mol. The molecule has 7 rings (SSSR count). The second-order valence-electron chi connectivity index (χ2n) is 10.2. The first-order chi connectivity index (χ1) is 20.4. The van der Waals surface area contributed by atoms with Crippen molar-refractivity contribution in [3.05, 3.63) is 65.1 Å². The summed E-state index contributed by atoms with van der Waals surface area (Å²) in [6.45, 7) is 0.348. The van der Waals surface area contributed by atoms with Crippen LogP contribution in [-0.4, -0.2) is 46.3 Å². The molecule has 5 aromatic rings. The van der Waals surface area contributed by atoms with Crippen LogP contribution >= 0.6 is 0 Å². The summed E-state index contributed by atoms with van der Waals surface area (Å²) >= 11 is 0. The van der Waals surface area contributed by atoms with Gasteiger partial charge in [0, 0.05) is 24.7 Å². The zero-order valence-electron chi connectivity index (χ0n) is 24.4. The molecule has 4 aromatic heterocycles. The smallest absolute Gasteiger partial charge is 0.434 e. The lowest BCUT2D eigenvalue weighted by Gasteiger charge is -2.14. The number of halogens is 3. The topological polar surface area (TPSA) is 96.4 Å². The Balaban J connectivity index is 1.28. The summed E-state index contributed by atoms with van der Waals surface area (Å²) in [4.78, 5) is 22.1. The lowest BCUT2D eigenvalue weighted by Crippen LogP contribution is -2.08. The fourth-order valence-electron chi connectivity index (χ4n) is 5.36. The Hall–Kier alpha value is -4.35. The Morgan fingerprint density at radius 3 is 2.58 bits per heavy atom. The maximum Gasteiger partial charge on any atom is 0.434 e. The van der Waals surface area contributed by atoms with Crippen LogP contribution in [-0.2, 0) is 32.6 Å². The predicted octanol–water partition coefficient (Wildman–Crippen LogP) is 5.13. The number of nitrogens with zero attached hydrogens (tertiary/aromatic N) is 8. The standard InChI is InChI=1S/C28H25F3N8O/c1-38-13-20(28(29,30)31)35-25(38)17-8-6-15(7-9-17)12-39-26-21-18(4-3-5-19(21)37-39)34-24(36-26)22-23(16-10-11-16)32-14-33-27(22)40-2/h6-9,13-14,16H,3-5,10-12H2,1-2H3/i2D3. The van der Waals surface area contributed by atoms with Crippen LogP contribution in [0.1, 0.15) is 57.6 Å². The number of hydrogen-bond donors (Lipinski definition) is 0. The Morgan fingerprint density at radius 1 is 1.05 bits per heavy atom. The van der Waals surface area contributed by atoms with Crippen molar-refractivity contribution in [3.63, 3.8) is 0 Å². The molecule has 0 atom stereocenters. The van der Waals surface area contributed by atoms with E-state index in [1.54, 1.807) is 16.8 Å². The van der Waals surface area contributed by atoms with E-state index in [0.717, 1.165) is 54.2 Å². The van der Waals surface area contributed by atoms with Gasteiger partial charge < -0.3 is 9.30 Å². The lowest BCUT2D eigenvalue weighted by molar-refractivity contribution is -0.140. The van der Waals surface area contributed by atoms with Gasteiger partial charge in [-0.25, -0.2) is 29.6 Å². The van der Waals surface area contributed by atoms with Gasteiger partial charge in [0.15, 0.2) is 17.2 Å². The molecule has 0 amide bonds. The maximum atomic E-state index is 13.2. The summed E-state index contributed by atoms with van der Waals surface area (Å²) < 4.78 is 70.9. The molecule has 0 bridgehead atoms. The predicted molar refractivity (Wildman–Crippen MR) is 140 cm³/mol. The summed E-state index contributed by atoms with van der Waals surface area (Å²) in [6, 6.07) is 7.11. The summed E-state index contributed by atoms with van der Waals surface area (Å²) in [5, 5.41) is 5.72. The maximum absolute atomic E-state index is 13.2. The molecule has 12 heteroatoms. The number of rotatable bonds is 6. The van der Waals surface area contributed by atoms with E-state index in [-0.39, 0.29) is 17.6 Å². The average molecular weight is 550 g/mol. The van der Waals surface area contributed by atoms with Crippen molar-refractivity contribution in [1.82, 2.24) is 39.3 Å². The molecule has 0 radical (unpaired) electrons. The summed E-state index contributed by atoms with van der Waals surface area (Å²) in [6.07, 6.45) is 1.93. The van der Waals surface area contributed by atoms with Crippen molar-refractivity contribution in [2.75, 3.05) is 7.04 Å². The first kappa shape index (κ1) is 21.5. The van der Waals surface area contributed by atoms with Crippen LogP contribution in [0.5, 0.6) is 5.88 Å². The number of aryl methyl sites for hydroxylation is 3. The molecule has 2 aliphatic rings. The van der Waals surface area contributed by atoms with Crippen molar-refractivity contribution in [2.24, 2.45) is 7.05 Å². The number of imidazole rings is 1. The third-order valence-electron chi connectivity index (χ3n) is 7.40. The van der Waals surface area contributed by atoms with Crippen molar-refractivity contribution in [3.8, 4) is 28.7 Å². The van der Waals surface area contributed by atoms with Gasteiger partial charge in [0.05, 0.1) is 40.2 Å². The third kappa shape index (κ3) is 4.18. The van der Waals surface area contributed by atoms with Gasteiger partial charge in [0.1, 0.15) is 17.7 Å². The quantitative estimate of drug-likeness (QED) is 0.290. The third-order valence-corrected chi connectivity index (χ3v) is 7.40. The molecule has 0 saturated heterocycles. The second kappa shape index (κ2) is 9.10. The van der Waals surface area contributed by atoms with Gasteiger partial charge in [0.25, 0.3) is 0 Å². The van der Waals surface area contributed by atoms with E-state index in [4.69, 9.17) is 23.9 Å². The normalized spacial score (nSPS) is 16.6. The summed E-state index contributed by atoms with van der Waals surface area (Å²) in [5.74, 6) is 0.580. The Labute approximate surface area is 231 Å². The molecule has 4 heterocycles. The molecule has 0 unspecified atom stereocenters. The van der Waals surface area contributed by atoms with E-state index in [9.17, 15) is 13.2 Å². The molecule has 0 aliphatic heterocycles. The van der Waals surface area contributed by atoms with E-state index < -0.39 is 18.9 Å². The minimum Gasteiger partial charge on any atom is -0.480 e. The van der Waals surface area contributed by atoms with Gasteiger partial charge in [-0.05, 0) is 37.7 Å². The number of alkyl halides is 3. The van der Waals surface area contributed by atoms with E-state index in [0.29, 0.717) is 41.3 Å². The van der Waals surface area contributed by atoms with E-state index >= 15 is 0 Å². The lowest BCUT2D eigenvalue weighted by atomic mass is 10.0. The fourth-order valence-corrected chi connectivity index (χ4v) is 5.36. The van der Waals surface area contributed by atoms with Crippen LogP contribution in [0, 0.1) is 0 Å². The number of methoxy groups -OCH3 is 1. The Bertz CT molecular complexity index is 1860. The number of hydrogen-bond acceptors (Lipinski definition) is 7. The van der Waals surface area contributed by atoms with Crippen molar-refractivity contribution >= 4 is 11.0 Å². The van der Waals surface area contributed by atoms with Crippen molar-refractivity contribution in [1.29, 1.82) is 0 Å². The highest BCUT2D eigenvalue weighted by molar-refractivity contribution is 5.84. The Morgan fingerprint density at radius 2 is 1.85 bits per heavy atom. The van der Waals surface area contributed by atoms with Crippen LogP contribution in [0.3, 0.4) is 0 Å². The summed E-state index contributed by atoms with van der Waals surface area (Å²) in [7, 11) is -1.19. The van der Waals surface area contributed by atoms with Gasteiger partial charge in [-0.3, -0.25) is 0 Å². The van der Waals surface area contributed by atoms with Crippen LogP contribution in [0.15, 0.2) is 36.8 Å². The van der Waals surface area contributed by atoms with E-state index in [1.807, 2.05) is 12.1 Å². The molecule has 0 N–H and O–H groups in total. The van der Waals surface area contributed by atoms with Gasteiger partial charge in [0.2, 0.25) is 5.88 Å². The fraction of sp³-hybridized carbons (Fsp3) is 0.357. The zero-order valence-corrected chi connectivity index (χ0v) is 21.4. The molecule has 40 heavy (non-hydrogen) atoms. The highest BCUT2D eigenvalue weighted by Gasteiger charge is 2.35. The van der Waals surface area contributed by atoms with Crippen LogP contribution < -0.4 is 4.74 Å². The van der Waals surface area contributed by atoms with Crippen molar-refractivity contribution < 1.29 is 22.0 Å². The van der Waals surface area contributed by atoms with Crippen LogP contribution in [0.4, 0.5) is 13.2 Å². The molecular formula is C28H25F3N8O. The van der Waals surface area contributed by atoms with Gasteiger partial charge in [-0.1, -0.05) is 24.3 Å². The zero-order chi connectivity index (χ0) is 30.1. The van der Waals surface area contributed by atoms with Gasteiger partial charge >= 0.3 is 6.18 Å². The molecule has 2 aliphatic carbocycles. The highest BCUT2D eigenvalue weighted by atomic mass is 19.4. The number of benzene rings is 1. The highest BCUT2D eigenvalue weighted by Crippen LogP contribution is 2.45. The molecule has 1 fully saturated rings. The van der Waals surface area contributed by atoms with E-state index in [1.165, 1.54) is 17.9 Å². The SMILES string of the molecule is [2H]C([2H])([2H])Oc1ncnc(C2CC2)c1-c1nc2c3c(nn(Cc4ccc(-c5nc(C(F)(F)F)cn5C)cc4)c3n1)CCC2. The minimum atomic E-state index is -4.52. The molecule has 9 nitrogen and oxygen atoms in total. The first-order valence-corrected chi connectivity index (χ1v) is 12.9. The molecule has 1 saturated carbocycles. The molecule has 204 valence electrons. The molecule has 1 aromatic carbocycles. The van der Waals surface area contributed by atoms with Crippen LogP contribution in [0.2, 0.25) is 0 Å². The number of aromatic nitrogens is 8. The summed E-state index contributed by atoms with van der Waals surface area (Å²) in [5.41, 5.74) is 3.83. The Kier molecular flexibility index (Phi) is 4.89. The van der Waals surface area contributed by atoms with Crippen molar-refractivity contribution in [2.45, 2.75) is 50.7 Å². The minimum absolute atomic E-state index is 0.0795. The molecule has 0 spiro atoms. The van der Waals surface area contributed by atoms with Gasteiger partial charge in [-0.15, -0.1) is 0 Å². The van der Waals surface area contributed by atoms with Gasteiger partial charge in [-0.2, -0.15) is 18.3 Å². The first-order valence-electron chi connectivity index (χ1n) is 14.4. The van der Waals surface area contributed by atoms with Crippen LogP contribution in [0.25, 0.3) is 33.8 Å². The molecular weight excluding hydrogens is 521 g/mol. The van der Waals surface area contributed by atoms with E-state index in [2.05, 4.69) is 15.0 Å². The number of ether oxygens (including phenoxy) is 1. The largest absolute Gasteiger partial charge is 0.480 e. The average Bonchev–Trinajstić information content (AvgIpc) is 3.63. The second-order valence-corrected chi connectivity index (χ2v) is 10.2.